The van der Waals surface area contributed by atoms with Gasteiger partial charge in [-0.25, -0.2) is 0 Å². The summed E-state index contributed by atoms with van der Waals surface area (Å²) in [4.78, 5) is 1.31. The van der Waals surface area contributed by atoms with Crippen LogP contribution in [-0.4, -0.2) is 10.7 Å². The Bertz CT molecular complexity index is 2130. The molecule has 0 spiro atoms. The number of fused-ring (bicyclic) bond motifs is 7. The van der Waals surface area contributed by atoms with Crippen LogP contribution in [0.5, 0.6) is 0 Å². The van der Waals surface area contributed by atoms with E-state index in [2.05, 4.69) is 120 Å². The van der Waals surface area contributed by atoms with Crippen molar-refractivity contribution in [1.82, 2.24) is 4.40 Å². The van der Waals surface area contributed by atoms with E-state index in [1.165, 1.54) is 75.7 Å². The molecule has 0 bridgehead atoms. The van der Waals surface area contributed by atoms with E-state index in [-0.39, 0.29) is 0 Å². The second kappa shape index (κ2) is 7.99. The molecular formula is C35H25NS. The van der Waals surface area contributed by atoms with Crippen molar-refractivity contribution in [3.8, 4) is 22.3 Å². The Morgan fingerprint density at radius 3 is 2.41 bits per heavy atom. The number of hydrogen-bond acceptors (Lipinski definition) is 1. The minimum atomic E-state index is 1.11. The molecule has 0 amide bonds. The van der Waals surface area contributed by atoms with E-state index in [4.69, 9.17) is 0 Å². The summed E-state index contributed by atoms with van der Waals surface area (Å²) >= 11 is 1.80. The van der Waals surface area contributed by atoms with Crippen LogP contribution in [0.4, 0.5) is 0 Å². The van der Waals surface area contributed by atoms with Crippen LogP contribution >= 0.6 is 11.8 Å². The molecule has 0 unspecified atom stereocenters. The Balaban J connectivity index is 1.45. The van der Waals surface area contributed by atoms with E-state index in [1.807, 2.05) is 0 Å². The molecule has 0 aliphatic heterocycles. The second-order valence-corrected chi connectivity index (χ2v) is 10.8. The van der Waals surface area contributed by atoms with Crippen molar-refractivity contribution < 1.29 is 0 Å². The first kappa shape index (κ1) is 21.1. The Morgan fingerprint density at radius 1 is 0.649 bits per heavy atom. The molecule has 2 aromatic heterocycles. The van der Waals surface area contributed by atoms with Gasteiger partial charge in [-0.05, 0) is 70.3 Å². The molecule has 0 saturated carbocycles. The molecule has 7 aromatic rings. The predicted molar refractivity (Wildman–Crippen MR) is 161 cm³/mol. The Kier molecular flexibility index (Phi) is 4.56. The zero-order valence-electron chi connectivity index (χ0n) is 20.7. The smallest absolute Gasteiger partial charge is 0.0626 e. The number of para-hydroxylation sites is 1. The van der Waals surface area contributed by atoms with Gasteiger partial charge in [0.2, 0.25) is 0 Å². The molecule has 0 atom stereocenters. The average Bonchev–Trinajstić information content (AvgIpc) is 3.49. The Morgan fingerprint density at radius 2 is 1.46 bits per heavy atom. The highest BCUT2D eigenvalue weighted by Crippen LogP contribution is 2.41. The molecule has 2 heterocycles. The summed E-state index contributed by atoms with van der Waals surface area (Å²) in [6, 6.07) is 36.0. The van der Waals surface area contributed by atoms with Crippen LogP contribution in [0.25, 0.3) is 72.4 Å². The van der Waals surface area contributed by atoms with Gasteiger partial charge in [-0.15, -0.1) is 11.8 Å². The van der Waals surface area contributed by atoms with E-state index in [0.717, 1.165) is 12.8 Å². The third kappa shape index (κ3) is 2.94. The fraction of sp³-hybridized carbons (Fsp3) is 0.0857. The minimum Gasteiger partial charge on any atom is -0.308 e. The van der Waals surface area contributed by atoms with Crippen molar-refractivity contribution in [1.29, 1.82) is 0 Å². The van der Waals surface area contributed by atoms with E-state index in [9.17, 15) is 0 Å². The SMILES string of the molecule is CSc1ccccc1-c1ccc2c(-c3ccc4c5c(n6c7ccccc7c3c46)=CCCC=5)cccc2c1. The number of aromatic nitrogens is 1. The maximum atomic E-state index is 2.51. The highest BCUT2D eigenvalue weighted by molar-refractivity contribution is 7.98. The minimum absolute atomic E-state index is 1.11. The monoisotopic (exact) mass is 491 g/mol. The predicted octanol–water partition coefficient (Wildman–Crippen LogP) is 8.25. The van der Waals surface area contributed by atoms with Gasteiger partial charge in [0, 0.05) is 31.6 Å². The fourth-order valence-corrected chi connectivity index (χ4v) is 7.10. The van der Waals surface area contributed by atoms with Gasteiger partial charge < -0.3 is 4.40 Å². The van der Waals surface area contributed by atoms with Gasteiger partial charge in [0.15, 0.2) is 0 Å². The zero-order valence-corrected chi connectivity index (χ0v) is 21.5. The molecule has 0 radical (unpaired) electrons. The summed E-state index contributed by atoms with van der Waals surface area (Å²) in [5.74, 6) is 0. The summed E-state index contributed by atoms with van der Waals surface area (Å²) < 4.78 is 2.51. The van der Waals surface area contributed by atoms with Gasteiger partial charge in [0.25, 0.3) is 0 Å². The lowest BCUT2D eigenvalue weighted by atomic mass is 9.92. The van der Waals surface area contributed by atoms with Crippen LogP contribution in [0.1, 0.15) is 12.8 Å². The van der Waals surface area contributed by atoms with E-state index >= 15 is 0 Å². The number of thioether (sulfide) groups is 1. The van der Waals surface area contributed by atoms with Crippen molar-refractivity contribution >= 4 is 61.9 Å². The summed E-state index contributed by atoms with van der Waals surface area (Å²) in [7, 11) is 0. The number of hydrogen-bond donors (Lipinski definition) is 0. The molecule has 2 heteroatoms. The van der Waals surface area contributed by atoms with Crippen LogP contribution in [0.15, 0.2) is 102 Å². The lowest BCUT2D eigenvalue weighted by molar-refractivity contribution is 1.08. The zero-order chi connectivity index (χ0) is 24.5. The fourth-order valence-electron chi connectivity index (χ4n) is 6.48. The second-order valence-electron chi connectivity index (χ2n) is 9.96. The molecule has 37 heavy (non-hydrogen) atoms. The normalized spacial score (nSPS) is 13.3. The van der Waals surface area contributed by atoms with Crippen molar-refractivity contribution in [2.45, 2.75) is 17.7 Å². The molecule has 176 valence electrons. The average molecular weight is 492 g/mol. The van der Waals surface area contributed by atoms with Crippen LogP contribution in [-0.2, 0) is 0 Å². The third-order valence-electron chi connectivity index (χ3n) is 8.06. The Hall–Kier alpha value is -4.01. The molecule has 5 aromatic carbocycles. The van der Waals surface area contributed by atoms with Crippen LogP contribution in [0.2, 0.25) is 0 Å². The molecule has 1 nitrogen and oxygen atoms in total. The molecule has 8 rings (SSSR count). The van der Waals surface area contributed by atoms with Gasteiger partial charge in [-0.2, -0.15) is 0 Å². The van der Waals surface area contributed by atoms with Gasteiger partial charge >= 0.3 is 0 Å². The summed E-state index contributed by atoms with van der Waals surface area (Å²) in [5, 5.41) is 9.42. The highest BCUT2D eigenvalue weighted by Gasteiger charge is 2.20. The van der Waals surface area contributed by atoms with Gasteiger partial charge in [-0.3, -0.25) is 0 Å². The summed E-state index contributed by atoms with van der Waals surface area (Å²) in [5.41, 5.74) is 7.85. The summed E-state index contributed by atoms with van der Waals surface area (Å²) in [6.45, 7) is 0. The number of nitrogens with zero attached hydrogens (tertiary/aromatic N) is 1. The quantitative estimate of drug-likeness (QED) is 0.225. The largest absolute Gasteiger partial charge is 0.308 e. The molecule has 1 aliphatic carbocycles. The summed E-state index contributed by atoms with van der Waals surface area (Å²) in [6.07, 6.45) is 9.23. The maximum absolute atomic E-state index is 2.51. The Labute approximate surface area is 219 Å². The first-order valence-electron chi connectivity index (χ1n) is 13.0. The van der Waals surface area contributed by atoms with Crippen molar-refractivity contribution in [3.63, 3.8) is 0 Å². The van der Waals surface area contributed by atoms with Gasteiger partial charge in [0.1, 0.15) is 0 Å². The van der Waals surface area contributed by atoms with Gasteiger partial charge in [0.05, 0.1) is 11.0 Å². The van der Waals surface area contributed by atoms with Gasteiger partial charge in [-0.1, -0.05) is 91.0 Å². The molecule has 0 N–H and O–H groups in total. The number of benzene rings is 5. The van der Waals surface area contributed by atoms with E-state index < -0.39 is 0 Å². The van der Waals surface area contributed by atoms with Crippen molar-refractivity contribution in [2.24, 2.45) is 0 Å². The van der Waals surface area contributed by atoms with Crippen molar-refractivity contribution in [3.05, 3.63) is 108 Å². The standard InChI is InChI=1S/C35H25NS/c1-37-33-16-7-4-10-25(33)23-17-18-24-22(21-23)9-8-13-26(24)28-19-20-29-27-11-2-5-14-31(27)36-32-15-6-3-12-30(32)34(28)35(29)36/h3-4,6-21H,2,5H2,1H3. The molecular weight excluding hydrogens is 466 g/mol. The first-order chi connectivity index (χ1) is 18.3. The highest BCUT2D eigenvalue weighted by atomic mass is 32.2. The molecule has 0 saturated heterocycles. The lowest BCUT2D eigenvalue weighted by Crippen LogP contribution is -2.27. The van der Waals surface area contributed by atoms with Crippen molar-refractivity contribution in [2.75, 3.05) is 6.26 Å². The maximum Gasteiger partial charge on any atom is 0.0626 e. The van der Waals surface area contributed by atoms with Crippen LogP contribution < -0.4 is 10.6 Å². The molecule has 1 aliphatic rings. The third-order valence-corrected chi connectivity index (χ3v) is 8.86. The topological polar surface area (TPSA) is 4.41 Å². The van der Waals surface area contributed by atoms with Crippen LogP contribution in [0.3, 0.4) is 0 Å². The van der Waals surface area contributed by atoms with E-state index in [0.29, 0.717) is 0 Å². The lowest BCUT2D eigenvalue weighted by Gasteiger charge is -2.12. The van der Waals surface area contributed by atoms with Crippen LogP contribution in [0, 0.1) is 0 Å². The number of rotatable bonds is 3. The molecule has 0 fully saturated rings. The first-order valence-corrected chi connectivity index (χ1v) is 14.2. The van der Waals surface area contributed by atoms with E-state index in [1.54, 1.807) is 11.8 Å².